The lowest BCUT2D eigenvalue weighted by atomic mass is 10.1. The summed E-state index contributed by atoms with van der Waals surface area (Å²) in [5.74, 6) is -0.0848. The van der Waals surface area contributed by atoms with E-state index in [9.17, 15) is 8.42 Å². The molecule has 0 aromatic heterocycles. The first-order chi connectivity index (χ1) is 8.86. The Bertz CT molecular complexity index is 558. The summed E-state index contributed by atoms with van der Waals surface area (Å²) in [4.78, 5) is 0. The van der Waals surface area contributed by atoms with Crippen LogP contribution in [0.1, 0.15) is 18.4 Å². The van der Waals surface area contributed by atoms with E-state index in [1.165, 1.54) is 0 Å². The van der Waals surface area contributed by atoms with Crippen molar-refractivity contribution in [2.24, 2.45) is 5.73 Å². The predicted molar refractivity (Wildman–Crippen MR) is 78.9 cm³/mol. The van der Waals surface area contributed by atoms with Crippen molar-refractivity contribution in [3.63, 3.8) is 0 Å². The molecule has 1 saturated carbocycles. The smallest absolute Gasteiger partial charge is 0.155 e. The van der Waals surface area contributed by atoms with E-state index < -0.39 is 20.6 Å². The summed E-state index contributed by atoms with van der Waals surface area (Å²) >= 11 is 3.37. The van der Waals surface area contributed by atoms with Gasteiger partial charge in [0.1, 0.15) is 0 Å². The second-order valence-electron chi connectivity index (χ2n) is 4.95. The normalized spacial score (nSPS) is 30.3. The second kappa shape index (κ2) is 5.16. The Morgan fingerprint density at radius 3 is 2.42 bits per heavy atom. The maximum absolute atomic E-state index is 12.2. The number of rotatable bonds is 5. The van der Waals surface area contributed by atoms with Crippen molar-refractivity contribution in [3.05, 3.63) is 34.3 Å². The highest BCUT2D eigenvalue weighted by Crippen LogP contribution is 2.54. The molecule has 0 spiro atoms. The van der Waals surface area contributed by atoms with Gasteiger partial charge in [0, 0.05) is 23.3 Å². The molecule has 0 heterocycles. The van der Waals surface area contributed by atoms with Crippen LogP contribution in [0.2, 0.25) is 0 Å². The van der Waals surface area contributed by atoms with Gasteiger partial charge in [-0.05, 0) is 17.7 Å². The van der Waals surface area contributed by atoms with Crippen LogP contribution in [0.15, 0.2) is 28.7 Å². The highest BCUT2D eigenvalue weighted by Gasteiger charge is 2.68. The van der Waals surface area contributed by atoms with E-state index in [2.05, 4.69) is 15.9 Å². The molecule has 1 aromatic carbocycles. The Kier molecular flexibility index (Phi) is 4.07. The molecule has 19 heavy (non-hydrogen) atoms. The predicted octanol–water partition coefficient (Wildman–Crippen LogP) is 1.69. The SMILES string of the molecule is CCS(=O)(=O)[C@@H]1[C@H](c2ccc(Br)cc2)[C@@]1(N)COC. The largest absolute Gasteiger partial charge is 0.383 e. The molecule has 0 radical (unpaired) electrons. The fourth-order valence-electron chi connectivity index (χ4n) is 2.72. The van der Waals surface area contributed by atoms with Gasteiger partial charge in [-0.1, -0.05) is 35.0 Å². The van der Waals surface area contributed by atoms with Crippen molar-refractivity contribution < 1.29 is 13.2 Å². The zero-order valence-corrected chi connectivity index (χ0v) is 13.4. The van der Waals surface area contributed by atoms with Crippen LogP contribution in [0.25, 0.3) is 0 Å². The Morgan fingerprint density at radius 2 is 1.95 bits per heavy atom. The van der Waals surface area contributed by atoms with E-state index in [0.29, 0.717) is 0 Å². The van der Waals surface area contributed by atoms with Gasteiger partial charge in [0.2, 0.25) is 0 Å². The third-order valence-corrected chi connectivity index (χ3v) is 6.53. The highest BCUT2D eigenvalue weighted by atomic mass is 79.9. The topological polar surface area (TPSA) is 69.4 Å². The summed E-state index contributed by atoms with van der Waals surface area (Å²) in [5, 5.41) is -0.550. The molecule has 1 aliphatic carbocycles. The zero-order chi connectivity index (χ0) is 14.3. The molecular formula is C13H18BrNO3S. The van der Waals surface area contributed by atoms with Gasteiger partial charge in [-0.25, -0.2) is 8.42 Å². The molecule has 0 saturated heterocycles. The summed E-state index contributed by atoms with van der Waals surface area (Å²) in [6.45, 7) is 1.90. The van der Waals surface area contributed by atoms with Gasteiger partial charge in [-0.3, -0.25) is 0 Å². The van der Waals surface area contributed by atoms with Gasteiger partial charge < -0.3 is 10.5 Å². The van der Waals surface area contributed by atoms with Crippen LogP contribution in [-0.4, -0.2) is 38.7 Å². The van der Waals surface area contributed by atoms with Gasteiger partial charge in [-0.2, -0.15) is 0 Å². The van der Waals surface area contributed by atoms with Crippen LogP contribution in [0.4, 0.5) is 0 Å². The zero-order valence-electron chi connectivity index (χ0n) is 11.0. The number of nitrogens with two attached hydrogens (primary N) is 1. The highest BCUT2D eigenvalue weighted by molar-refractivity contribution is 9.10. The van der Waals surface area contributed by atoms with Crippen LogP contribution in [0.5, 0.6) is 0 Å². The first kappa shape index (κ1) is 15.0. The molecule has 1 aliphatic rings. The van der Waals surface area contributed by atoms with Gasteiger partial charge in [0.15, 0.2) is 9.84 Å². The fourth-order valence-corrected chi connectivity index (χ4v) is 4.97. The van der Waals surface area contributed by atoms with Crippen LogP contribution in [-0.2, 0) is 14.6 Å². The maximum Gasteiger partial charge on any atom is 0.155 e. The first-order valence-electron chi connectivity index (χ1n) is 6.11. The van der Waals surface area contributed by atoms with Crippen molar-refractivity contribution in [2.75, 3.05) is 19.5 Å². The molecule has 2 N–H and O–H groups in total. The molecule has 0 amide bonds. The van der Waals surface area contributed by atoms with Crippen LogP contribution >= 0.6 is 15.9 Å². The van der Waals surface area contributed by atoms with Crippen molar-refractivity contribution >= 4 is 25.8 Å². The van der Waals surface area contributed by atoms with E-state index in [-0.39, 0.29) is 18.3 Å². The van der Waals surface area contributed by atoms with E-state index >= 15 is 0 Å². The summed E-state index contributed by atoms with van der Waals surface area (Å²) < 4.78 is 30.4. The van der Waals surface area contributed by atoms with Crippen molar-refractivity contribution in [2.45, 2.75) is 23.6 Å². The average molecular weight is 348 g/mol. The summed E-state index contributed by atoms with van der Waals surface area (Å²) in [5.41, 5.74) is 6.40. The van der Waals surface area contributed by atoms with Gasteiger partial charge in [-0.15, -0.1) is 0 Å². The Labute approximate surface area is 122 Å². The molecule has 0 unspecified atom stereocenters. The minimum atomic E-state index is -3.18. The molecule has 2 rings (SSSR count). The van der Waals surface area contributed by atoms with Crippen LogP contribution in [0, 0.1) is 0 Å². The molecule has 0 bridgehead atoms. The summed E-state index contributed by atoms with van der Waals surface area (Å²) in [6, 6.07) is 7.63. The first-order valence-corrected chi connectivity index (χ1v) is 8.62. The fraction of sp³-hybridized carbons (Fsp3) is 0.538. The molecule has 0 aliphatic heterocycles. The third-order valence-electron chi connectivity index (χ3n) is 3.72. The number of benzene rings is 1. The molecule has 1 aromatic rings. The van der Waals surface area contributed by atoms with Crippen LogP contribution in [0.3, 0.4) is 0 Å². The number of methoxy groups -OCH3 is 1. The standard InChI is InChI=1S/C13H18BrNO3S/c1-3-19(16,17)12-11(13(12,15)8-18-2)9-4-6-10(14)7-5-9/h4-7,11-12H,3,8,15H2,1-2H3/t11-,12+,13-/m0/s1. The number of halogens is 1. The van der Waals surface area contributed by atoms with Gasteiger partial charge >= 0.3 is 0 Å². The van der Waals surface area contributed by atoms with Crippen molar-refractivity contribution in [3.8, 4) is 0 Å². The average Bonchev–Trinajstić information content (AvgIpc) is 2.97. The van der Waals surface area contributed by atoms with Crippen LogP contribution < -0.4 is 5.73 Å². The number of sulfone groups is 1. The van der Waals surface area contributed by atoms with E-state index in [1.807, 2.05) is 24.3 Å². The minimum absolute atomic E-state index is 0.105. The molecule has 106 valence electrons. The van der Waals surface area contributed by atoms with E-state index in [4.69, 9.17) is 10.5 Å². The lowest BCUT2D eigenvalue weighted by Gasteiger charge is -2.10. The Hall–Kier alpha value is -0.430. The lowest BCUT2D eigenvalue weighted by Crippen LogP contribution is -2.36. The molecule has 1 fully saturated rings. The molecular weight excluding hydrogens is 330 g/mol. The van der Waals surface area contributed by atoms with Crippen molar-refractivity contribution in [1.29, 1.82) is 0 Å². The maximum atomic E-state index is 12.2. The lowest BCUT2D eigenvalue weighted by molar-refractivity contribution is 0.171. The third kappa shape index (κ3) is 2.59. The van der Waals surface area contributed by atoms with Gasteiger partial charge in [0.25, 0.3) is 0 Å². The second-order valence-corrected chi connectivity index (χ2v) is 8.27. The molecule has 6 heteroatoms. The Balaban J connectivity index is 2.36. The van der Waals surface area contributed by atoms with E-state index in [1.54, 1.807) is 14.0 Å². The number of ether oxygens (including phenoxy) is 1. The molecule has 3 atom stereocenters. The summed E-state index contributed by atoms with van der Waals surface area (Å²) in [7, 11) is -1.64. The van der Waals surface area contributed by atoms with Crippen molar-refractivity contribution in [1.82, 2.24) is 0 Å². The van der Waals surface area contributed by atoms with E-state index in [0.717, 1.165) is 10.0 Å². The summed E-state index contributed by atoms with van der Waals surface area (Å²) in [6.07, 6.45) is 0. The Morgan fingerprint density at radius 1 is 1.37 bits per heavy atom. The molecule has 4 nitrogen and oxygen atoms in total. The quantitative estimate of drug-likeness (QED) is 0.879. The minimum Gasteiger partial charge on any atom is -0.383 e. The monoisotopic (exact) mass is 347 g/mol. The number of hydrogen-bond donors (Lipinski definition) is 1. The number of hydrogen-bond acceptors (Lipinski definition) is 4. The van der Waals surface area contributed by atoms with Gasteiger partial charge in [0.05, 0.1) is 17.4 Å².